The summed E-state index contributed by atoms with van der Waals surface area (Å²) in [6.07, 6.45) is 4.85. The second-order valence-corrected chi connectivity index (χ2v) is 7.12. The quantitative estimate of drug-likeness (QED) is 0.805. The third-order valence-corrected chi connectivity index (χ3v) is 4.02. The Morgan fingerprint density at radius 1 is 1.42 bits per heavy atom. The maximum absolute atomic E-state index is 10.6. The Labute approximate surface area is 145 Å². The number of carbonyl (C=O) groups is 1. The van der Waals surface area contributed by atoms with E-state index in [0.717, 1.165) is 51.0 Å². The predicted molar refractivity (Wildman–Crippen MR) is 97.5 cm³/mol. The Balaban J connectivity index is 0.000000413. The highest BCUT2D eigenvalue weighted by atomic mass is 16.5. The van der Waals surface area contributed by atoms with E-state index in [4.69, 9.17) is 10.5 Å². The van der Waals surface area contributed by atoms with Gasteiger partial charge in [0.05, 0.1) is 5.60 Å². The van der Waals surface area contributed by atoms with E-state index < -0.39 is 0 Å². The van der Waals surface area contributed by atoms with Crippen molar-refractivity contribution in [1.29, 1.82) is 0 Å². The number of nitrogens with two attached hydrogens (primary N) is 1. The standard InChI is InChI=1S/C13H20N4O.C5H12O/c14-13-7-12(1-4-16-13)9-15-8-11-2-5-17(10-18)6-3-11;1-5(2,3)6-4/h1,4,7,10-11,15H,2-3,5-6,8-9H2,(H2,14,16);1-4H3. The molecule has 1 aromatic rings. The van der Waals surface area contributed by atoms with Crippen LogP contribution in [0.1, 0.15) is 39.2 Å². The van der Waals surface area contributed by atoms with Crippen LogP contribution in [0.5, 0.6) is 0 Å². The third kappa shape index (κ3) is 8.84. The van der Waals surface area contributed by atoms with Gasteiger partial charge in [-0.1, -0.05) is 0 Å². The van der Waals surface area contributed by atoms with Crippen molar-refractivity contribution >= 4 is 12.2 Å². The van der Waals surface area contributed by atoms with E-state index in [-0.39, 0.29) is 5.60 Å². The average Bonchev–Trinajstić information content (AvgIpc) is 2.55. The molecule has 1 fully saturated rings. The fourth-order valence-corrected chi connectivity index (χ4v) is 2.29. The molecule has 0 spiro atoms. The average molecular weight is 336 g/mol. The first-order valence-electron chi connectivity index (χ1n) is 8.49. The number of carbonyl (C=O) groups excluding carboxylic acids is 1. The van der Waals surface area contributed by atoms with Gasteiger partial charge in [-0.05, 0) is 63.8 Å². The molecular formula is C18H32N4O2. The van der Waals surface area contributed by atoms with Gasteiger partial charge in [0.1, 0.15) is 5.82 Å². The highest BCUT2D eigenvalue weighted by Crippen LogP contribution is 2.15. The first-order valence-corrected chi connectivity index (χ1v) is 8.49. The van der Waals surface area contributed by atoms with Gasteiger partial charge < -0.3 is 20.7 Å². The minimum absolute atomic E-state index is 0.0417. The summed E-state index contributed by atoms with van der Waals surface area (Å²) < 4.78 is 4.94. The van der Waals surface area contributed by atoms with Gasteiger partial charge >= 0.3 is 0 Å². The summed E-state index contributed by atoms with van der Waals surface area (Å²) in [5.41, 5.74) is 6.83. The van der Waals surface area contributed by atoms with Crippen LogP contribution < -0.4 is 11.1 Å². The molecule has 0 atom stereocenters. The van der Waals surface area contributed by atoms with Crippen LogP contribution in [0.15, 0.2) is 18.3 Å². The number of nitrogen functional groups attached to an aromatic ring is 1. The summed E-state index contributed by atoms with van der Waals surface area (Å²) in [7, 11) is 1.71. The van der Waals surface area contributed by atoms with Gasteiger partial charge in [0.15, 0.2) is 0 Å². The summed E-state index contributed by atoms with van der Waals surface area (Å²) in [6.45, 7) is 9.65. The Kier molecular flexibility index (Phi) is 8.71. The molecule has 136 valence electrons. The monoisotopic (exact) mass is 336 g/mol. The summed E-state index contributed by atoms with van der Waals surface area (Å²) in [6, 6.07) is 3.86. The summed E-state index contributed by atoms with van der Waals surface area (Å²) in [5.74, 6) is 1.23. The number of rotatable bonds is 5. The number of anilines is 1. The van der Waals surface area contributed by atoms with Crippen LogP contribution in [0.3, 0.4) is 0 Å². The van der Waals surface area contributed by atoms with Crippen LogP contribution in [0, 0.1) is 5.92 Å². The van der Waals surface area contributed by atoms with E-state index >= 15 is 0 Å². The minimum Gasteiger partial charge on any atom is -0.384 e. The molecule has 2 heterocycles. The maximum Gasteiger partial charge on any atom is 0.209 e. The highest BCUT2D eigenvalue weighted by Gasteiger charge is 2.17. The third-order valence-electron chi connectivity index (χ3n) is 4.02. The van der Waals surface area contributed by atoms with E-state index in [9.17, 15) is 4.79 Å². The number of hydrogen-bond donors (Lipinski definition) is 2. The van der Waals surface area contributed by atoms with Crippen LogP contribution in [-0.4, -0.2) is 48.6 Å². The molecule has 0 aliphatic carbocycles. The number of nitrogens with one attached hydrogen (secondary N) is 1. The van der Waals surface area contributed by atoms with Crippen LogP contribution in [-0.2, 0) is 16.1 Å². The number of ether oxygens (including phenoxy) is 1. The van der Waals surface area contributed by atoms with E-state index in [2.05, 4.69) is 10.3 Å². The zero-order chi connectivity index (χ0) is 18.0. The van der Waals surface area contributed by atoms with Crippen LogP contribution in [0.25, 0.3) is 0 Å². The molecule has 6 nitrogen and oxygen atoms in total. The molecule has 0 bridgehead atoms. The normalized spacial score (nSPS) is 15.6. The topological polar surface area (TPSA) is 80.5 Å². The number of nitrogens with zero attached hydrogens (tertiary/aromatic N) is 2. The van der Waals surface area contributed by atoms with Crippen LogP contribution >= 0.6 is 0 Å². The van der Waals surface area contributed by atoms with Gasteiger partial charge in [0.2, 0.25) is 6.41 Å². The smallest absolute Gasteiger partial charge is 0.209 e. The molecule has 1 aliphatic rings. The van der Waals surface area contributed by atoms with Crippen LogP contribution in [0.4, 0.5) is 5.82 Å². The number of aromatic nitrogens is 1. The lowest BCUT2D eigenvalue weighted by Crippen LogP contribution is -2.36. The largest absolute Gasteiger partial charge is 0.384 e. The Morgan fingerprint density at radius 3 is 2.54 bits per heavy atom. The molecule has 0 saturated carbocycles. The lowest BCUT2D eigenvalue weighted by atomic mass is 9.97. The molecule has 1 saturated heterocycles. The fourth-order valence-electron chi connectivity index (χ4n) is 2.29. The molecule has 0 radical (unpaired) electrons. The fraction of sp³-hybridized carbons (Fsp3) is 0.667. The van der Waals surface area contributed by atoms with Crippen molar-refractivity contribution in [2.45, 2.75) is 45.8 Å². The van der Waals surface area contributed by atoms with Crippen molar-refractivity contribution in [3.05, 3.63) is 23.9 Å². The number of hydrogen-bond acceptors (Lipinski definition) is 5. The van der Waals surface area contributed by atoms with E-state index in [1.165, 1.54) is 0 Å². The summed E-state index contributed by atoms with van der Waals surface area (Å²) in [4.78, 5) is 16.4. The second kappa shape index (κ2) is 10.3. The van der Waals surface area contributed by atoms with E-state index in [1.54, 1.807) is 13.3 Å². The predicted octanol–water partition coefficient (Wildman–Crippen LogP) is 2.05. The first-order chi connectivity index (χ1) is 11.3. The first kappa shape index (κ1) is 20.4. The number of amides is 1. The summed E-state index contributed by atoms with van der Waals surface area (Å²) in [5, 5.41) is 3.44. The molecular weight excluding hydrogens is 304 g/mol. The van der Waals surface area contributed by atoms with E-state index in [1.807, 2.05) is 37.8 Å². The van der Waals surface area contributed by atoms with Crippen molar-refractivity contribution in [3.8, 4) is 0 Å². The SMILES string of the molecule is COC(C)(C)C.Nc1cc(CNCC2CCN(C=O)CC2)ccn1. The highest BCUT2D eigenvalue weighted by molar-refractivity contribution is 5.47. The maximum atomic E-state index is 10.6. The molecule has 0 aromatic carbocycles. The van der Waals surface area contributed by atoms with Gasteiger partial charge in [-0.25, -0.2) is 4.98 Å². The number of likely N-dealkylation sites (tertiary alicyclic amines) is 1. The zero-order valence-corrected chi connectivity index (χ0v) is 15.4. The molecule has 3 N–H and O–H groups in total. The summed E-state index contributed by atoms with van der Waals surface area (Å²) >= 11 is 0. The lowest BCUT2D eigenvalue weighted by Gasteiger charge is -2.29. The van der Waals surface area contributed by atoms with Crippen molar-refractivity contribution < 1.29 is 9.53 Å². The second-order valence-electron chi connectivity index (χ2n) is 7.12. The molecule has 6 heteroatoms. The molecule has 24 heavy (non-hydrogen) atoms. The van der Waals surface area contributed by atoms with Crippen LogP contribution in [0.2, 0.25) is 0 Å². The minimum atomic E-state index is 0.0417. The van der Waals surface area contributed by atoms with Crippen molar-refractivity contribution in [2.75, 3.05) is 32.5 Å². The molecule has 1 aromatic heterocycles. The molecule has 0 unspecified atom stereocenters. The van der Waals surface area contributed by atoms with Crippen molar-refractivity contribution in [2.24, 2.45) is 5.92 Å². The molecule has 1 aliphatic heterocycles. The number of piperidine rings is 1. The van der Waals surface area contributed by atoms with Crippen molar-refractivity contribution in [3.63, 3.8) is 0 Å². The van der Waals surface area contributed by atoms with Gasteiger partial charge in [-0.15, -0.1) is 0 Å². The van der Waals surface area contributed by atoms with E-state index in [0.29, 0.717) is 11.7 Å². The van der Waals surface area contributed by atoms with Gasteiger partial charge in [-0.3, -0.25) is 4.79 Å². The Bertz CT molecular complexity index is 480. The van der Waals surface area contributed by atoms with Gasteiger partial charge in [0.25, 0.3) is 0 Å². The zero-order valence-electron chi connectivity index (χ0n) is 15.4. The Hall–Kier alpha value is -1.66. The molecule has 1 amide bonds. The van der Waals surface area contributed by atoms with Gasteiger partial charge in [0, 0.05) is 32.9 Å². The van der Waals surface area contributed by atoms with Crippen molar-refractivity contribution in [1.82, 2.24) is 15.2 Å². The van der Waals surface area contributed by atoms with Gasteiger partial charge in [-0.2, -0.15) is 0 Å². The Morgan fingerprint density at radius 2 is 2.04 bits per heavy atom. The number of methoxy groups -OCH3 is 1. The molecule has 2 rings (SSSR count). The number of pyridine rings is 1. The lowest BCUT2D eigenvalue weighted by molar-refractivity contribution is -0.119.